The molecule has 1 aliphatic rings. The fourth-order valence-corrected chi connectivity index (χ4v) is 7.20. The summed E-state index contributed by atoms with van der Waals surface area (Å²) in [5, 5.41) is 6.82. The zero-order valence-corrected chi connectivity index (χ0v) is 31.7. The van der Waals surface area contributed by atoms with Gasteiger partial charge in [-0.25, -0.2) is 9.89 Å². The van der Waals surface area contributed by atoms with Gasteiger partial charge in [-0.15, -0.1) is 0 Å². The number of nitrogens with one attached hydrogen (secondary N) is 2. The molecular formula is C42H84N3O+. The van der Waals surface area contributed by atoms with Gasteiger partial charge >= 0.3 is 0 Å². The Morgan fingerprint density at radius 2 is 0.891 bits per heavy atom. The van der Waals surface area contributed by atoms with Crippen LogP contribution in [0.2, 0.25) is 0 Å². The van der Waals surface area contributed by atoms with Crippen LogP contribution in [0.5, 0.6) is 0 Å². The van der Waals surface area contributed by atoms with Crippen LogP contribution in [0.15, 0.2) is 0 Å². The Labute approximate surface area is 289 Å². The molecule has 46 heavy (non-hydrogen) atoms. The average Bonchev–Trinajstić information content (AvgIpc) is 3.51. The monoisotopic (exact) mass is 647 g/mol. The van der Waals surface area contributed by atoms with Gasteiger partial charge in [0.15, 0.2) is 12.8 Å². The largest absolute Gasteiger partial charge is 0.350 e. The zero-order chi connectivity index (χ0) is 33.0. The van der Waals surface area contributed by atoms with Gasteiger partial charge in [0, 0.05) is 12.8 Å². The molecule has 0 fully saturated rings. The minimum Gasteiger partial charge on any atom is -0.350 e. The van der Waals surface area contributed by atoms with Crippen molar-refractivity contribution in [2.45, 2.75) is 238 Å². The first-order valence-electron chi connectivity index (χ1n) is 21.4. The number of rotatable bonds is 37. The van der Waals surface area contributed by atoms with Crippen LogP contribution >= 0.6 is 0 Å². The van der Waals surface area contributed by atoms with E-state index in [9.17, 15) is 4.79 Å². The van der Waals surface area contributed by atoms with Gasteiger partial charge in [-0.1, -0.05) is 206 Å². The molecule has 1 unspecified atom stereocenters. The van der Waals surface area contributed by atoms with Crippen molar-refractivity contribution in [3.05, 3.63) is 0 Å². The van der Waals surface area contributed by atoms with Gasteiger partial charge in [-0.2, -0.15) is 0 Å². The highest BCUT2D eigenvalue weighted by Crippen LogP contribution is 2.16. The number of amides is 1. The second-order valence-corrected chi connectivity index (χ2v) is 14.8. The molecule has 0 spiro atoms. The Bertz CT molecular complexity index is 663. The Morgan fingerprint density at radius 1 is 0.543 bits per heavy atom. The fourth-order valence-electron chi connectivity index (χ4n) is 7.20. The number of carbonyl (C=O) groups is 1. The van der Waals surface area contributed by atoms with Gasteiger partial charge in [-0.3, -0.25) is 4.79 Å². The normalized spacial score (nSPS) is 14.7. The summed E-state index contributed by atoms with van der Waals surface area (Å²) >= 11 is 0. The third-order valence-corrected chi connectivity index (χ3v) is 10.4. The van der Waals surface area contributed by atoms with Crippen LogP contribution in [0.3, 0.4) is 0 Å². The number of hydrogen-bond donors (Lipinski definition) is 2. The van der Waals surface area contributed by atoms with E-state index < -0.39 is 0 Å². The maximum absolute atomic E-state index is 12.3. The smallest absolute Gasteiger partial charge is 0.220 e. The molecule has 1 amide bonds. The average molecular weight is 647 g/mol. The van der Waals surface area contributed by atoms with E-state index in [1.54, 1.807) is 0 Å². The van der Waals surface area contributed by atoms with Crippen LogP contribution in [0, 0.1) is 0 Å². The van der Waals surface area contributed by atoms with Crippen molar-refractivity contribution in [1.82, 2.24) is 10.6 Å². The number of carbonyl (C=O) groups excluding carboxylic acids is 1. The topological polar surface area (TPSA) is 44.1 Å². The summed E-state index contributed by atoms with van der Waals surface area (Å²) in [6.07, 6.45) is 49.4. The lowest BCUT2D eigenvalue weighted by molar-refractivity contribution is -0.558. The third kappa shape index (κ3) is 29.3. The van der Waals surface area contributed by atoms with Gasteiger partial charge in [0.25, 0.3) is 0 Å². The summed E-state index contributed by atoms with van der Waals surface area (Å²) in [5.41, 5.74) is 0. The second kappa shape index (κ2) is 35.4. The molecule has 1 heterocycles. The predicted octanol–water partition coefficient (Wildman–Crippen LogP) is 12.4. The highest BCUT2D eigenvalue weighted by molar-refractivity contribution is 5.75. The van der Waals surface area contributed by atoms with Gasteiger partial charge in [0.2, 0.25) is 12.1 Å². The summed E-state index contributed by atoms with van der Waals surface area (Å²) in [6, 6.07) is 0. The first kappa shape index (κ1) is 43.1. The molecular weight excluding hydrogens is 562 g/mol. The van der Waals surface area contributed by atoms with Crippen LogP contribution in [0.25, 0.3) is 0 Å². The molecule has 1 rings (SSSR count). The maximum Gasteiger partial charge on any atom is 0.220 e. The predicted molar refractivity (Wildman–Crippen MR) is 204 cm³/mol. The minimum absolute atomic E-state index is 0.242. The van der Waals surface area contributed by atoms with E-state index in [-0.39, 0.29) is 5.91 Å². The summed E-state index contributed by atoms with van der Waals surface area (Å²) in [5.74, 6) is 0.242. The van der Waals surface area contributed by atoms with Crippen LogP contribution in [0.1, 0.15) is 232 Å². The Kier molecular flexibility index (Phi) is 33.2. The van der Waals surface area contributed by atoms with Crippen LogP contribution in [0.4, 0.5) is 0 Å². The lowest BCUT2D eigenvalue weighted by atomic mass is 10.0. The first-order valence-corrected chi connectivity index (χ1v) is 21.4. The molecule has 0 aromatic heterocycles. The van der Waals surface area contributed by atoms with Crippen molar-refractivity contribution < 1.29 is 9.37 Å². The summed E-state index contributed by atoms with van der Waals surface area (Å²) < 4.78 is 2.43. The summed E-state index contributed by atoms with van der Waals surface area (Å²) in [6.45, 7) is 7.26. The van der Waals surface area contributed by atoms with E-state index in [0.29, 0.717) is 12.6 Å². The molecule has 0 radical (unpaired) electrons. The van der Waals surface area contributed by atoms with E-state index in [4.69, 9.17) is 0 Å². The molecule has 0 aromatic rings. The van der Waals surface area contributed by atoms with Gasteiger partial charge < -0.3 is 5.32 Å². The molecule has 0 bridgehead atoms. The van der Waals surface area contributed by atoms with Crippen molar-refractivity contribution in [3.63, 3.8) is 0 Å². The third-order valence-electron chi connectivity index (χ3n) is 10.4. The Morgan fingerprint density at radius 3 is 1.28 bits per heavy atom. The van der Waals surface area contributed by atoms with E-state index >= 15 is 0 Å². The molecule has 272 valence electrons. The van der Waals surface area contributed by atoms with Crippen molar-refractivity contribution in [3.8, 4) is 0 Å². The summed E-state index contributed by atoms with van der Waals surface area (Å²) in [4.78, 5) is 12.3. The lowest BCUT2D eigenvalue weighted by Gasteiger charge is -2.12. The molecule has 1 atom stereocenters. The van der Waals surface area contributed by atoms with E-state index in [1.807, 2.05) is 0 Å². The maximum atomic E-state index is 12.3. The summed E-state index contributed by atoms with van der Waals surface area (Å²) in [7, 11) is 0. The van der Waals surface area contributed by atoms with Crippen molar-refractivity contribution >= 4 is 12.1 Å². The van der Waals surface area contributed by atoms with Crippen molar-refractivity contribution in [2.75, 3.05) is 19.6 Å². The molecule has 0 saturated carbocycles. The van der Waals surface area contributed by atoms with E-state index in [2.05, 4.69) is 35.3 Å². The first-order chi connectivity index (χ1) is 22.8. The molecule has 0 saturated heterocycles. The number of hydrogen-bond acceptors (Lipinski definition) is 2. The molecule has 2 N–H and O–H groups in total. The lowest BCUT2D eigenvalue weighted by Crippen LogP contribution is -2.37. The molecule has 0 aromatic carbocycles. The van der Waals surface area contributed by atoms with E-state index in [1.165, 1.54) is 205 Å². The van der Waals surface area contributed by atoms with Crippen LogP contribution < -0.4 is 10.6 Å². The van der Waals surface area contributed by atoms with Crippen molar-refractivity contribution in [1.29, 1.82) is 0 Å². The Hall–Kier alpha value is -0.900. The van der Waals surface area contributed by atoms with Crippen LogP contribution in [-0.4, -0.2) is 42.5 Å². The van der Waals surface area contributed by atoms with Gasteiger partial charge in [-0.05, 0) is 12.8 Å². The SMILES string of the molecule is CCCCCCCCCCCCCCCCCCCC1NCC=[N+]1CCNC(=O)CCCCCCCCCCCCCCCCC. The highest BCUT2D eigenvalue weighted by atomic mass is 16.1. The van der Waals surface area contributed by atoms with E-state index in [0.717, 1.165) is 26.1 Å². The Balaban J connectivity index is 1.83. The number of unbranched alkanes of at least 4 members (excludes halogenated alkanes) is 30. The fraction of sp³-hybridized carbons (Fsp3) is 0.952. The molecule has 0 aliphatic carbocycles. The molecule has 4 heteroatoms. The second-order valence-electron chi connectivity index (χ2n) is 14.8. The molecule has 4 nitrogen and oxygen atoms in total. The minimum atomic E-state index is 0.242. The van der Waals surface area contributed by atoms with Gasteiger partial charge in [0.05, 0.1) is 13.1 Å². The standard InChI is InChI=1S/C42H83N3O/c1-3-5-7-9-11-13-15-17-19-20-22-23-25-27-29-31-33-35-41-43-37-39-45(41)40-38-44-42(46)36-34-32-30-28-26-24-21-18-16-14-12-10-8-6-4-2/h39,41,43H,3-38,40H2,1-2H3/p+1. The zero-order valence-electron chi connectivity index (χ0n) is 31.7. The highest BCUT2D eigenvalue weighted by Gasteiger charge is 2.24. The number of nitrogens with zero attached hydrogens (tertiary/aromatic N) is 1. The molecule has 1 aliphatic heterocycles. The van der Waals surface area contributed by atoms with Gasteiger partial charge in [0.1, 0.15) is 0 Å². The van der Waals surface area contributed by atoms with Crippen LogP contribution in [-0.2, 0) is 4.79 Å². The van der Waals surface area contributed by atoms with Crippen molar-refractivity contribution in [2.24, 2.45) is 0 Å². The quantitative estimate of drug-likeness (QED) is 0.0521.